The minimum absolute atomic E-state index is 0.0599. The van der Waals surface area contributed by atoms with E-state index in [1.807, 2.05) is 30.3 Å². The smallest absolute Gasteiger partial charge is 0.265 e. The van der Waals surface area contributed by atoms with Gasteiger partial charge in [-0.2, -0.15) is 0 Å². The van der Waals surface area contributed by atoms with Crippen LogP contribution in [0.25, 0.3) is 0 Å². The van der Waals surface area contributed by atoms with E-state index in [-0.39, 0.29) is 5.56 Å². The maximum Gasteiger partial charge on any atom is 0.265 e. The van der Waals surface area contributed by atoms with Crippen molar-refractivity contribution < 1.29 is 8.78 Å². The maximum atomic E-state index is 12.3. The maximum absolute atomic E-state index is 12.3. The van der Waals surface area contributed by atoms with Crippen molar-refractivity contribution in [3.05, 3.63) is 59.8 Å². The van der Waals surface area contributed by atoms with Gasteiger partial charge in [-0.05, 0) is 17.7 Å². The van der Waals surface area contributed by atoms with E-state index < -0.39 is 6.43 Å². The van der Waals surface area contributed by atoms with Crippen LogP contribution in [0, 0.1) is 0 Å². The molecule has 1 aromatic heterocycles. The first kappa shape index (κ1) is 11.5. The highest BCUT2D eigenvalue weighted by molar-refractivity contribution is 5.36. The highest BCUT2D eigenvalue weighted by Crippen LogP contribution is 2.18. The van der Waals surface area contributed by atoms with Crippen molar-refractivity contribution in [1.82, 2.24) is 4.98 Å². The van der Waals surface area contributed by atoms with Crippen molar-refractivity contribution in [1.29, 1.82) is 0 Å². The number of benzene rings is 1. The number of nitrogens with one attached hydrogen (secondary N) is 1. The average Bonchev–Trinajstić information content (AvgIpc) is 2.38. The molecule has 1 N–H and O–H groups in total. The molecule has 1 aromatic carbocycles. The van der Waals surface area contributed by atoms with E-state index in [1.54, 1.807) is 6.07 Å². The van der Waals surface area contributed by atoms with Crippen molar-refractivity contribution in [2.45, 2.75) is 13.0 Å². The summed E-state index contributed by atoms with van der Waals surface area (Å²) in [5.74, 6) is 0.596. The van der Waals surface area contributed by atoms with Gasteiger partial charge < -0.3 is 5.32 Å². The van der Waals surface area contributed by atoms with Crippen LogP contribution in [0.1, 0.15) is 17.6 Å². The van der Waals surface area contributed by atoms with Crippen molar-refractivity contribution in [3.63, 3.8) is 0 Å². The fourth-order valence-electron chi connectivity index (χ4n) is 1.43. The second-order valence-corrected chi connectivity index (χ2v) is 3.62. The summed E-state index contributed by atoms with van der Waals surface area (Å²) in [6.45, 7) is 0.627. The van der Waals surface area contributed by atoms with Gasteiger partial charge in [0.2, 0.25) is 0 Å². The van der Waals surface area contributed by atoms with Crippen LogP contribution in [-0.2, 0) is 6.54 Å². The highest BCUT2D eigenvalue weighted by Gasteiger charge is 2.06. The average molecular weight is 234 g/mol. The number of rotatable bonds is 4. The molecule has 2 rings (SSSR count). The molecule has 0 saturated heterocycles. The molecule has 0 atom stereocenters. The van der Waals surface area contributed by atoms with Crippen molar-refractivity contribution in [2.75, 3.05) is 5.32 Å². The second kappa shape index (κ2) is 5.39. The van der Waals surface area contributed by atoms with Gasteiger partial charge in [-0.15, -0.1) is 0 Å². The number of hydrogen-bond acceptors (Lipinski definition) is 2. The summed E-state index contributed by atoms with van der Waals surface area (Å²) in [6, 6.07) is 12.8. The van der Waals surface area contributed by atoms with E-state index in [0.717, 1.165) is 5.56 Å². The van der Waals surface area contributed by atoms with Crippen LogP contribution in [0.2, 0.25) is 0 Å². The van der Waals surface area contributed by atoms with Gasteiger partial charge >= 0.3 is 0 Å². The molecule has 1 heterocycles. The highest BCUT2D eigenvalue weighted by atomic mass is 19.3. The lowest BCUT2D eigenvalue weighted by Gasteiger charge is -2.06. The standard InChI is InChI=1S/C13H12F2N2/c14-13(15)11-6-7-12(17-9-11)16-8-10-4-2-1-3-5-10/h1-7,9,13H,8H2,(H,16,17). The minimum Gasteiger partial charge on any atom is -0.366 e. The number of halogens is 2. The molecule has 88 valence electrons. The third-order valence-electron chi connectivity index (χ3n) is 2.35. The molecule has 0 aliphatic carbocycles. The lowest BCUT2D eigenvalue weighted by Crippen LogP contribution is -2.01. The topological polar surface area (TPSA) is 24.9 Å². The van der Waals surface area contributed by atoms with Crippen LogP contribution in [-0.4, -0.2) is 4.98 Å². The summed E-state index contributed by atoms with van der Waals surface area (Å²) in [6.07, 6.45) is -1.27. The molecule has 2 aromatic rings. The summed E-state index contributed by atoms with van der Waals surface area (Å²) < 4.78 is 24.6. The molecular weight excluding hydrogens is 222 g/mol. The Morgan fingerprint density at radius 2 is 1.82 bits per heavy atom. The largest absolute Gasteiger partial charge is 0.366 e. The Bertz CT molecular complexity index is 455. The number of aromatic nitrogens is 1. The van der Waals surface area contributed by atoms with Gasteiger partial charge in [0.1, 0.15) is 5.82 Å². The molecule has 0 saturated carbocycles. The van der Waals surface area contributed by atoms with E-state index in [4.69, 9.17) is 0 Å². The first-order valence-electron chi connectivity index (χ1n) is 5.27. The lowest BCUT2D eigenvalue weighted by molar-refractivity contribution is 0.151. The fourth-order valence-corrected chi connectivity index (χ4v) is 1.43. The number of nitrogens with zero attached hydrogens (tertiary/aromatic N) is 1. The van der Waals surface area contributed by atoms with Gasteiger partial charge in [0.25, 0.3) is 6.43 Å². The van der Waals surface area contributed by atoms with Crippen LogP contribution in [0.5, 0.6) is 0 Å². The van der Waals surface area contributed by atoms with Gasteiger partial charge in [0.05, 0.1) is 0 Å². The predicted octanol–water partition coefficient (Wildman–Crippen LogP) is 3.63. The summed E-state index contributed by atoms with van der Waals surface area (Å²) in [5, 5.41) is 3.07. The van der Waals surface area contributed by atoms with Crippen LogP contribution in [0.4, 0.5) is 14.6 Å². The van der Waals surface area contributed by atoms with Crippen molar-refractivity contribution in [2.24, 2.45) is 0 Å². The molecule has 0 aliphatic rings. The molecule has 0 bridgehead atoms. The van der Waals surface area contributed by atoms with Gasteiger partial charge in [0.15, 0.2) is 0 Å². The third-order valence-corrected chi connectivity index (χ3v) is 2.35. The molecule has 4 heteroatoms. The van der Waals surface area contributed by atoms with E-state index in [9.17, 15) is 8.78 Å². The van der Waals surface area contributed by atoms with Crippen molar-refractivity contribution in [3.8, 4) is 0 Å². The van der Waals surface area contributed by atoms with E-state index in [0.29, 0.717) is 12.4 Å². The second-order valence-electron chi connectivity index (χ2n) is 3.62. The first-order chi connectivity index (χ1) is 8.25. The third kappa shape index (κ3) is 3.24. The van der Waals surface area contributed by atoms with E-state index >= 15 is 0 Å². The fraction of sp³-hybridized carbons (Fsp3) is 0.154. The van der Waals surface area contributed by atoms with E-state index in [2.05, 4.69) is 10.3 Å². The molecule has 0 spiro atoms. The lowest BCUT2D eigenvalue weighted by atomic mass is 10.2. The Hall–Kier alpha value is -1.97. The summed E-state index contributed by atoms with van der Waals surface area (Å²) in [4.78, 5) is 3.92. The molecular formula is C13H12F2N2. The summed E-state index contributed by atoms with van der Waals surface area (Å²) in [7, 11) is 0. The zero-order valence-electron chi connectivity index (χ0n) is 9.11. The molecule has 0 amide bonds. The molecule has 2 nitrogen and oxygen atoms in total. The molecule has 0 radical (unpaired) electrons. The Kier molecular flexibility index (Phi) is 3.65. The Balaban J connectivity index is 1.96. The van der Waals surface area contributed by atoms with Crippen LogP contribution >= 0.6 is 0 Å². The molecule has 0 unspecified atom stereocenters. The number of anilines is 1. The molecule has 0 aliphatic heterocycles. The summed E-state index contributed by atoms with van der Waals surface area (Å²) >= 11 is 0. The number of pyridine rings is 1. The first-order valence-corrected chi connectivity index (χ1v) is 5.27. The Morgan fingerprint density at radius 3 is 2.41 bits per heavy atom. The van der Waals surface area contributed by atoms with Gasteiger partial charge in [0, 0.05) is 18.3 Å². The van der Waals surface area contributed by atoms with Crippen LogP contribution in [0.3, 0.4) is 0 Å². The Morgan fingerprint density at radius 1 is 1.06 bits per heavy atom. The number of alkyl halides is 2. The zero-order valence-corrected chi connectivity index (χ0v) is 9.11. The Labute approximate surface area is 98.3 Å². The van der Waals surface area contributed by atoms with E-state index in [1.165, 1.54) is 12.3 Å². The quantitative estimate of drug-likeness (QED) is 0.873. The van der Waals surface area contributed by atoms with Gasteiger partial charge in [-0.25, -0.2) is 13.8 Å². The number of hydrogen-bond donors (Lipinski definition) is 1. The predicted molar refractivity (Wildman–Crippen MR) is 63.0 cm³/mol. The molecule has 0 fully saturated rings. The summed E-state index contributed by atoms with van der Waals surface area (Å²) in [5.41, 5.74) is 1.06. The zero-order chi connectivity index (χ0) is 12.1. The van der Waals surface area contributed by atoms with Crippen LogP contribution < -0.4 is 5.32 Å². The van der Waals surface area contributed by atoms with Crippen LogP contribution in [0.15, 0.2) is 48.7 Å². The monoisotopic (exact) mass is 234 g/mol. The SMILES string of the molecule is FC(F)c1ccc(NCc2ccccc2)nc1. The normalized spacial score (nSPS) is 10.5. The van der Waals surface area contributed by atoms with Gasteiger partial charge in [-0.3, -0.25) is 0 Å². The molecule has 17 heavy (non-hydrogen) atoms. The van der Waals surface area contributed by atoms with Crippen molar-refractivity contribution >= 4 is 5.82 Å². The minimum atomic E-state index is -2.47. The van der Waals surface area contributed by atoms with Gasteiger partial charge in [-0.1, -0.05) is 30.3 Å².